The Labute approximate surface area is 214 Å². The van der Waals surface area contributed by atoms with Gasteiger partial charge in [0.25, 0.3) is 5.91 Å². The number of aromatic nitrogens is 3. The molecule has 0 radical (unpaired) electrons. The first-order valence-electron chi connectivity index (χ1n) is 12.0. The zero-order valence-electron chi connectivity index (χ0n) is 19.9. The predicted octanol–water partition coefficient (Wildman–Crippen LogP) is 3.62. The number of halogens is 1. The third-order valence-electron chi connectivity index (χ3n) is 6.40. The van der Waals surface area contributed by atoms with Gasteiger partial charge >= 0.3 is 0 Å². The van der Waals surface area contributed by atoms with Crippen LogP contribution < -0.4 is 10.6 Å². The topological polar surface area (TPSA) is 109 Å². The minimum Gasteiger partial charge on any atom is -0.381 e. The summed E-state index contributed by atoms with van der Waals surface area (Å²) >= 11 is 6.43. The Balaban J connectivity index is 1.28. The predicted molar refractivity (Wildman–Crippen MR) is 135 cm³/mol. The average Bonchev–Trinajstić information content (AvgIpc) is 3.20. The number of anilines is 1. The first-order chi connectivity index (χ1) is 17.5. The number of amides is 2. The average molecular weight is 507 g/mol. The number of benzene rings is 1. The lowest BCUT2D eigenvalue weighted by Gasteiger charge is -2.23. The summed E-state index contributed by atoms with van der Waals surface area (Å²) in [6.07, 6.45) is 5.03. The monoisotopic (exact) mass is 506 g/mol. The van der Waals surface area contributed by atoms with Crippen molar-refractivity contribution in [3.05, 3.63) is 70.6 Å². The highest BCUT2D eigenvalue weighted by atomic mass is 35.5. The van der Waals surface area contributed by atoms with Gasteiger partial charge < -0.3 is 20.3 Å². The summed E-state index contributed by atoms with van der Waals surface area (Å²) in [7, 11) is 0. The molecule has 1 atom stereocenters. The summed E-state index contributed by atoms with van der Waals surface area (Å²) in [5, 5.41) is 6.66. The molecule has 2 amide bonds. The maximum Gasteiger partial charge on any atom is 0.254 e. The molecule has 186 valence electrons. The summed E-state index contributed by atoms with van der Waals surface area (Å²) in [6.45, 7) is 3.62. The number of pyridine rings is 1. The third kappa shape index (κ3) is 5.32. The van der Waals surface area contributed by atoms with Crippen LogP contribution in [0.3, 0.4) is 0 Å². The molecule has 5 rings (SSSR count). The first-order valence-corrected chi connectivity index (χ1v) is 12.4. The molecule has 0 spiro atoms. The zero-order valence-corrected chi connectivity index (χ0v) is 20.7. The highest BCUT2D eigenvalue weighted by Gasteiger charge is 2.30. The number of hydrogen-bond acceptors (Lipinski definition) is 7. The Morgan fingerprint density at radius 1 is 1.22 bits per heavy atom. The molecule has 3 aromatic rings. The maximum atomic E-state index is 13.1. The van der Waals surface area contributed by atoms with Crippen LogP contribution in [0.4, 0.5) is 5.95 Å². The van der Waals surface area contributed by atoms with Gasteiger partial charge in [0.2, 0.25) is 11.9 Å². The Morgan fingerprint density at radius 3 is 2.83 bits per heavy atom. The summed E-state index contributed by atoms with van der Waals surface area (Å²) in [6, 6.07) is 11.1. The van der Waals surface area contributed by atoms with Crippen LogP contribution in [0.15, 0.2) is 48.8 Å². The quantitative estimate of drug-likeness (QED) is 0.503. The van der Waals surface area contributed by atoms with Crippen LogP contribution in [-0.4, -0.2) is 57.5 Å². The zero-order chi connectivity index (χ0) is 25.1. The van der Waals surface area contributed by atoms with Gasteiger partial charge in [-0.3, -0.25) is 14.6 Å². The van der Waals surface area contributed by atoms with Gasteiger partial charge in [-0.15, -0.1) is 0 Å². The fourth-order valence-electron chi connectivity index (χ4n) is 4.47. The molecule has 36 heavy (non-hydrogen) atoms. The Morgan fingerprint density at radius 2 is 2.06 bits per heavy atom. The van der Waals surface area contributed by atoms with Crippen molar-refractivity contribution in [2.24, 2.45) is 0 Å². The molecule has 9 nitrogen and oxygen atoms in total. The molecule has 0 saturated carbocycles. The van der Waals surface area contributed by atoms with Gasteiger partial charge in [0, 0.05) is 43.1 Å². The number of carbonyl (C=O) groups excluding carboxylic acids is 2. The van der Waals surface area contributed by atoms with E-state index >= 15 is 0 Å². The number of fused-ring (bicyclic) bond motifs is 1. The van der Waals surface area contributed by atoms with Gasteiger partial charge in [0.1, 0.15) is 6.54 Å². The molecule has 2 N–H and O–H groups in total. The molecular weight excluding hydrogens is 480 g/mol. The van der Waals surface area contributed by atoms with E-state index in [9.17, 15) is 9.59 Å². The Kier molecular flexibility index (Phi) is 7.11. The van der Waals surface area contributed by atoms with E-state index in [-0.39, 0.29) is 30.4 Å². The van der Waals surface area contributed by atoms with Crippen LogP contribution in [0.2, 0.25) is 5.02 Å². The first kappa shape index (κ1) is 24.1. The normalized spacial score (nSPS) is 16.5. The number of rotatable bonds is 7. The molecular formula is C26H27ClN6O3. The number of hydrogen-bond donors (Lipinski definition) is 2. The molecule has 0 aliphatic carbocycles. The smallest absolute Gasteiger partial charge is 0.254 e. The molecule has 2 aliphatic heterocycles. The van der Waals surface area contributed by atoms with E-state index in [2.05, 4.69) is 25.6 Å². The summed E-state index contributed by atoms with van der Waals surface area (Å²) in [4.78, 5) is 40.5. The molecule has 0 bridgehead atoms. The van der Waals surface area contributed by atoms with Crippen LogP contribution in [0.1, 0.15) is 47.4 Å². The number of carbonyl (C=O) groups is 2. The minimum atomic E-state index is -0.255. The van der Waals surface area contributed by atoms with Crippen molar-refractivity contribution in [1.29, 1.82) is 0 Å². The van der Waals surface area contributed by atoms with Gasteiger partial charge in [-0.05, 0) is 43.5 Å². The number of ether oxygens (including phenoxy) is 1. The van der Waals surface area contributed by atoms with E-state index in [1.807, 2.05) is 37.3 Å². The highest BCUT2D eigenvalue weighted by Crippen LogP contribution is 2.31. The van der Waals surface area contributed by atoms with Gasteiger partial charge in [0.05, 0.1) is 28.6 Å². The van der Waals surface area contributed by atoms with Gasteiger partial charge in [-0.2, -0.15) is 0 Å². The van der Waals surface area contributed by atoms with E-state index < -0.39 is 0 Å². The van der Waals surface area contributed by atoms with Crippen molar-refractivity contribution in [2.75, 3.05) is 25.1 Å². The van der Waals surface area contributed by atoms with E-state index in [4.69, 9.17) is 16.3 Å². The fourth-order valence-corrected chi connectivity index (χ4v) is 4.67. The number of nitrogens with zero attached hydrogens (tertiary/aromatic N) is 4. The van der Waals surface area contributed by atoms with Crippen LogP contribution in [0.25, 0.3) is 11.3 Å². The van der Waals surface area contributed by atoms with Crippen LogP contribution >= 0.6 is 11.6 Å². The lowest BCUT2D eigenvalue weighted by atomic mass is 10.0. The maximum absolute atomic E-state index is 13.1. The largest absolute Gasteiger partial charge is 0.381 e. The second kappa shape index (κ2) is 10.6. The molecule has 1 saturated heterocycles. The molecule has 2 aliphatic rings. The van der Waals surface area contributed by atoms with Gasteiger partial charge in [-0.1, -0.05) is 29.8 Å². The summed E-state index contributed by atoms with van der Waals surface area (Å²) in [5.41, 5.74) is 3.45. The van der Waals surface area contributed by atoms with E-state index in [0.29, 0.717) is 42.0 Å². The van der Waals surface area contributed by atoms with Crippen molar-refractivity contribution in [1.82, 2.24) is 25.2 Å². The highest BCUT2D eigenvalue weighted by molar-refractivity contribution is 6.33. The lowest BCUT2D eigenvalue weighted by Crippen LogP contribution is -2.38. The number of nitrogens with one attached hydrogen (secondary N) is 2. The molecule has 10 heteroatoms. The van der Waals surface area contributed by atoms with Crippen molar-refractivity contribution >= 4 is 29.4 Å². The molecule has 1 fully saturated rings. The van der Waals surface area contributed by atoms with Gasteiger partial charge in [-0.25, -0.2) is 9.97 Å². The second-order valence-electron chi connectivity index (χ2n) is 9.00. The Bertz CT molecular complexity index is 1270. The van der Waals surface area contributed by atoms with Crippen LogP contribution in [0.5, 0.6) is 0 Å². The van der Waals surface area contributed by atoms with Crippen LogP contribution in [-0.2, 0) is 16.1 Å². The minimum absolute atomic E-state index is 0.0343. The summed E-state index contributed by atoms with van der Waals surface area (Å²) < 4.78 is 5.41. The molecule has 1 aromatic carbocycles. The van der Waals surface area contributed by atoms with Gasteiger partial charge in [0.15, 0.2) is 0 Å². The summed E-state index contributed by atoms with van der Waals surface area (Å²) in [5.74, 6) is 0.0591. The SMILES string of the molecule is CC(NC(=O)CN1Cc2ccc(-c3nc(NC4CCOCC4)ncc3Cl)cc2C1=O)c1ccccn1. The third-order valence-corrected chi connectivity index (χ3v) is 6.68. The van der Waals surface area contributed by atoms with E-state index in [1.165, 1.54) is 4.90 Å². The van der Waals surface area contributed by atoms with Crippen molar-refractivity contribution in [3.8, 4) is 11.3 Å². The fraction of sp³-hybridized carbons (Fsp3) is 0.346. The van der Waals surface area contributed by atoms with Crippen molar-refractivity contribution in [2.45, 2.75) is 38.4 Å². The van der Waals surface area contributed by atoms with Crippen LogP contribution in [0, 0.1) is 0 Å². The standard InChI is InChI=1S/C26H27ClN6O3/c1-16(22-4-2-3-9-28-22)30-23(34)15-33-14-18-6-5-17(12-20(18)25(33)35)24-21(27)13-29-26(32-24)31-19-7-10-36-11-8-19/h2-6,9,12-13,16,19H,7-8,10-11,14-15H2,1H3,(H,30,34)(H,29,31,32). The lowest BCUT2D eigenvalue weighted by molar-refractivity contribution is -0.122. The van der Waals surface area contributed by atoms with Crippen molar-refractivity contribution < 1.29 is 14.3 Å². The second-order valence-corrected chi connectivity index (χ2v) is 9.41. The van der Waals surface area contributed by atoms with E-state index in [0.717, 1.165) is 29.7 Å². The van der Waals surface area contributed by atoms with E-state index in [1.54, 1.807) is 18.5 Å². The molecule has 4 heterocycles. The Hall–Kier alpha value is -3.56. The molecule has 2 aromatic heterocycles. The van der Waals surface area contributed by atoms with Crippen molar-refractivity contribution in [3.63, 3.8) is 0 Å². The molecule has 1 unspecified atom stereocenters.